The van der Waals surface area contributed by atoms with Gasteiger partial charge in [0, 0.05) is 5.69 Å². The minimum Gasteiger partial charge on any atom is -0.497 e. The van der Waals surface area contributed by atoms with Gasteiger partial charge in [-0.15, -0.1) is 0 Å². The number of amides is 4. The van der Waals surface area contributed by atoms with E-state index in [1.807, 2.05) is 0 Å². The smallest absolute Gasteiger partial charge is 0.326 e. The summed E-state index contributed by atoms with van der Waals surface area (Å²) in [6, 6.07) is 6.07. The predicted octanol–water partition coefficient (Wildman–Crippen LogP) is 2.31. The summed E-state index contributed by atoms with van der Waals surface area (Å²) >= 11 is 0. The SMILES string of the molecule is COc1ccc(NC(=O)COC(=O)CN2C(=O)N[C@]3(C[C@H](C)CC(C)(C)C3)C2=O)cc1. The summed E-state index contributed by atoms with van der Waals surface area (Å²) in [6.07, 6.45) is 2.02. The van der Waals surface area contributed by atoms with Crippen LogP contribution in [0.5, 0.6) is 5.75 Å². The normalized spacial score (nSPS) is 24.6. The van der Waals surface area contributed by atoms with E-state index in [4.69, 9.17) is 9.47 Å². The maximum Gasteiger partial charge on any atom is 0.326 e. The quantitative estimate of drug-likeness (QED) is 0.528. The van der Waals surface area contributed by atoms with E-state index in [0.717, 1.165) is 11.3 Å². The first-order chi connectivity index (χ1) is 14.5. The molecule has 0 unspecified atom stereocenters. The van der Waals surface area contributed by atoms with Gasteiger partial charge in [0.25, 0.3) is 11.8 Å². The van der Waals surface area contributed by atoms with E-state index in [1.54, 1.807) is 24.3 Å². The second-order valence-electron chi connectivity index (χ2n) is 9.20. The first kappa shape index (κ1) is 22.6. The number of ether oxygens (including phenoxy) is 2. The van der Waals surface area contributed by atoms with Gasteiger partial charge in [-0.2, -0.15) is 0 Å². The van der Waals surface area contributed by atoms with Gasteiger partial charge in [-0.25, -0.2) is 4.79 Å². The van der Waals surface area contributed by atoms with Crippen molar-refractivity contribution < 1.29 is 28.7 Å². The standard InChI is InChI=1S/C22H29N3O6/c1-14-9-21(2,3)13-22(10-14)19(28)25(20(29)24-22)11-18(27)31-12-17(26)23-15-5-7-16(30-4)8-6-15/h5-8,14H,9-13H2,1-4H3,(H,23,26)(H,24,29)/t14-,22+/m1/s1. The molecule has 31 heavy (non-hydrogen) atoms. The Balaban J connectivity index is 1.53. The molecule has 2 atom stereocenters. The van der Waals surface area contributed by atoms with Crippen LogP contribution in [-0.4, -0.2) is 54.5 Å². The van der Waals surface area contributed by atoms with Crippen LogP contribution < -0.4 is 15.4 Å². The fourth-order valence-electron chi connectivity index (χ4n) is 4.84. The lowest BCUT2D eigenvalue weighted by atomic mass is 9.64. The Morgan fingerprint density at radius 3 is 2.48 bits per heavy atom. The minimum absolute atomic E-state index is 0.101. The van der Waals surface area contributed by atoms with E-state index in [-0.39, 0.29) is 11.3 Å². The summed E-state index contributed by atoms with van der Waals surface area (Å²) in [6.45, 7) is 5.14. The topological polar surface area (TPSA) is 114 Å². The highest BCUT2D eigenvalue weighted by molar-refractivity contribution is 6.09. The highest BCUT2D eigenvalue weighted by atomic mass is 16.5. The van der Waals surface area contributed by atoms with Crippen molar-refractivity contribution in [3.63, 3.8) is 0 Å². The molecule has 1 aliphatic heterocycles. The monoisotopic (exact) mass is 431 g/mol. The summed E-state index contributed by atoms with van der Waals surface area (Å²) < 4.78 is 10.0. The van der Waals surface area contributed by atoms with Crippen molar-refractivity contribution in [1.29, 1.82) is 0 Å². The molecule has 1 saturated carbocycles. The second kappa shape index (κ2) is 8.56. The van der Waals surface area contributed by atoms with Crippen molar-refractivity contribution in [2.75, 3.05) is 25.6 Å². The molecular formula is C22H29N3O6. The van der Waals surface area contributed by atoms with E-state index in [1.165, 1.54) is 7.11 Å². The number of carbonyl (C=O) groups excluding carboxylic acids is 4. The first-order valence-electron chi connectivity index (χ1n) is 10.3. The van der Waals surface area contributed by atoms with Gasteiger partial charge in [-0.3, -0.25) is 19.3 Å². The summed E-state index contributed by atoms with van der Waals surface area (Å²) in [5, 5.41) is 5.40. The first-order valence-corrected chi connectivity index (χ1v) is 10.3. The molecule has 1 aromatic carbocycles. The van der Waals surface area contributed by atoms with Gasteiger partial charge in [0.2, 0.25) is 0 Å². The Kier molecular flexibility index (Phi) is 6.24. The number of nitrogens with one attached hydrogen (secondary N) is 2. The van der Waals surface area contributed by atoms with Crippen molar-refractivity contribution in [1.82, 2.24) is 10.2 Å². The van der Waals surface area contributed by atoms with Gasteiger partial charge >= 0.3 is 12.0 Å². The summed E-state index contributed by atoms with van der Waals surface area (Å²) in [5.74, 6) is -0.853. The van der Waals surface area contributed by atoms with Crippen LogP contribution >= 0.6 is 0 Å². The van der Waals surface area contributed by atoms with Crippen LogP contribution in [0, 0.1) is 11.3 Å². The third-order valence-corrected chi connectivity index (χ3v) is 5.65. The Hall–Kier alpha value is -3.10. The molecule has 0 bridgehead atoms. The number of methoxy groups -OCH3 is 1. The molecule has 0 radical (unpaired) electrons. The lowest BCUT2D eigenvalue weighted by molar-refractivity contribution is -0.150. The van der Waals surface area contributed by atoms with Crippen LogP contribution in [0.2, 0.25) is 0 Å². The number of urea groups is 1. The van der Waals surface area contributed by atoms with Crippen LogP contribution in [0.3, 0.4) is 0 Å². The third kappa shape index (κ3) is 5.15. The van der Waals surface area contributed by atoms with E-state index in [2.05, 4.69) is 31.4 Å². The zero-order valence-electron chi connectivity index (χ0n) is 18.3. The van der Waals surface area contributed by atoms with Crippen LogP contribution in [0.15, 0.2) is 24.3 Å². The molecule has 0 aromatic heterocycles. The fourth-order valence-corrected chi connectivity index (χ4v) is 4.84. The Morgan fingerprint density at radius 1 is 1.19 bits per heavy atom. The number of rotatable bonds is 6. The molecule has 168 valence electrons. The van der Waals surface area contributed by atoms with Crippen LogP contribution in [0.1, 0.15) is 40.0 Å². The third-order valence-electron chi connectivity index (χ3n) is 5.65. The summed E-state index contributed by atoms with van der Waals surface area (Å²) in [7, 11) is 1.54. The van der Waals surface area contributed by atoms with E-state index < -0.39 is 42.5 Å². The van der Waals surface area contributed by atoms with Crippen LogP contribution in [0.25, 0.3) is 0 Å². The molecule has 1 saturated heterocycles. The number of imide groups is 1. The molecule has 2 fully saturated rings. The maximum atomic E-state index is 13.0. The summed E-state index contributed by atoms with van der Waals surface area (Å²) in [4.78, 5) is 50.6. The molecule has 1 heterocycles. The molecule has 1 spiro atoms. The molecule has 2 N–H and O–H groups in total. The van der Waals surface area contributed by atoms with E-state index >= 15 is 0 Å². The maximum absolute atomic E-state index is 13.0. The molecular weight excluding hydrogens is 402 g/mol. The van der Waals surface area contributed by atoms with Gasteiger partial charge < -0.3 is 20.1 Å². The largest absolute Gasteiger partial charge is 0.497 e. The number of hydrogen-bond donors (Lipinski definition) is 2. The van der Waals surface area contributed by atoms with Crippen LogP contribution in [-0.2, 0) is 19.1 Å². The number of esters is 1. The van der Waals surface area contributed by atoms with Crippen molar-refractivity contribution in [2.45, 2.75) is 45.6 Å². The molecule has 2 aliphatic rings. The van der Waals surface area contributed by atoms with Crippen molar-refractivity contribution in [3.05, 3.63) is 24.3 Å². The minimum atomic E-state index is -0.982. The molecule has 1 aliphatic carbocycles. The lowest BCUT2D eigenvalue weighted by Gasteiger charge is -2.43. The molecule has 3 rings (SSSR count). The number of carbonyl (C=O) groups is 4. The van der Waals surface area contributed by atoms with Gasteiger partial charge in [-0.05, 0) is 54.9 Å². The Labute approximate surface area is 181 Å². The highest BCUT2D eigenvalue weighted by Crippen LogP contribution is 2.46. The van der Waals surface area contributed by atoms with Gasteiger partial charge in [0.15, 0.2) is 6.61 Å². The highest BCUT2D eigenvalue weighted by Gasteiger charge is 2.56. The molecule has 4 amide bonds. The summed E-state index contributed by atoms with van der Waals surface area (Å²) in [5.41, 5.74) is -0.562. The molecule has 1 aromatic rings. The Morgan fingerprint density at radius 2 is 1.87 bits per heavy atom. The lowest BCUT2D eigenvalue weighted by Crippen LogP contribution is -2.54. The average molecular weight is 431 g/mol. The van der Waals surface area contributed by atoms with Crippen molar-refractivity contribution >= 4 is 29.5 Å². The van der Waals surface area contributed by atoms with Crippen LogP contribution in [0.4, 0.5) is 10.5 Å². The fraction of sp³-hybridized carbons (Fsp3) is 0.545. The number of hydrogen-bond acceptors (Lipinski definition) is 6. The molecule has 9 heteroatoms. The van der Waals surface area contributed by atoms with Gasteiger partial charge in [0.1, 0.15) is 17.8 Å². The average Bonchev–Trinajstić information content (AvgIpc) is 2.88. The number of anilines is 1. The van der Waals surface area contributed by atoms with Gasteiger partial charge in [-0.1, -0.05) is 20.8 Å². The van der Waals surface area contributed by atoms with E-state index in [0.29, 0.717) is 24.3 Å². The number of nitrogens with zero attached hydrogens (tertiary/aromatic N) is 1. The van der Waals surface area contributed by atoms with Gasteiger partial charge in [0.05, 0.1) is 7.11 Å². The van der Waals surface area contributed by atoms with Crippen molar-refractivity contribution in [2.24, 2.45) is 11.3 Å². The van der Waals surface area contributed by atoms with E-state index in [9.17, 15) is 19.2 Å². The number of benzene rings is 1. The zero-order valence-corrected chi connectivity index (χ0v) is 18.3. The second-order valence-corrected chi connectivity index (χ2v) is 9.20. The van der Waals surface area contributed by atoms with Crippen molar-refractivity contribution in [3.8, 4) is 5.75 Å². The predicted molar refractivity (Wildman–Crippen MR) is 112 cm³/mol. The zero-order chi connectivity index (χ0) is 22.8. The Bertz CT molecular complexity index is 882. The molecule has 9 nitrogen and oxygen atoms in total.